The lowest BCUT2D eigenvalue weighted by Gasteiger charge is -2.26. The maximum Gasteiger partial charge on any atom is 0.230 e. The van der Waals surface area contributed by atoms with Crippen molar-refractivity contribution in [3.63, 3.8) is 0 Å². The van der Waals surface area contributed by atoms with Crippen molar-refractivity contribution in [2.75, 3.05) is 6.54 Å². The quantitative estimate of drug-likeness (QED) is 0.843. The first-order valence-corrected chi connectivity index (χ1v) is 8.12. The molecule has 0 spiro atoms. The van der Waals surface area contributed by atoms with E-state index in [0.717, 1.165) is 37.8 Å². The Bertz CT molecular complexity index is 469. The second kappa shape index (κ2) is 5.77. The molecule has 0 aliphatic heterocycles. The molecule has 2 fully saturated rings. The number of amides is 1. The Kier molecular flexibility index (Phi) is 4.02. The van der Waals surface area contributed by atoms with E-state index in [1.807, 2.05) is 18.2 Å². The fourth-order valence-corrected chi connectivity index (χ4v) is 3.75. The second-order valence-electron chi connectivity index (χ2n) is 6.29. The zero-order valence-electron chi connectivity index (χ0n) is 11.8. The molecule has 0 saturated heterocycles. The molecule has 2 aliphatic rings. The van der Waals surface area contributed by atoms with Crippen molar-refractivity contribution in [3.05, 3.63) is 35.9 Å². The molecule has 20 heavy (non-hydrogen) atoms. The van der Waals surface area contributed by atoms with E-state index in [4.69, 9.17) is 11.6 Å². The van der Waals surface area contributed by atoms with Crippen LogP contribution >= 0.6 is 11.6 Å². The van der Waals surface area contributed by atoms with E-state index >= 15 is 0 Å². The number of benzene rings is 1. The molecule has 0 heterocycles. The molecule has 1 N–H and O–H groups in total. The summed E-state index contributed by atoms with van der Waals surface area (Å²) >= 11 is 6.21. The normalized spacial score (nSPS) is 27.9. The molecule has 2 aliphatic carbocycles. The van der Waals surface area contributed by atoms with E-state index in [0.29, 0.717) is 11.3 Å². The maximum atomic E-state index is 12.5. The minimum Gasteiger partial charge on any atom is -0.355 e. The van der Waals surface area contributed by atoms with Gasteiger partial charge in [-0.05, 0) is 43.6 Å². The third kappa shape index (κ3) is 2.85. The fraction of sp³-hybridized carbons (Fsp3) is 0.588. The molecule has 0 aromatic heterocycles. The number of rotatable bonds is 4. The smallest absolute Gasteiger partial charge is 0.230 e. The molecule has 2 saturated carbocycles. The first kappa shape index (κ1) is 13.9. The van der Waals surface area contributed by atoms with Crippen molar-refractivity contribution in [2.45, 2.75) is 49.3 Å². The van der Waals surface area contributed by atoms with E-state index < -0.39 is 0 Å². The highest BCUT2D eigenvalue weighted by Crippen LogP contribution is 2.48. The van der Waals surface area contributed by atoms with Crippen LogP contribution < -0.4 is 5.32 Å². The minimum absolute atomic E-state index is 0.209. The summed E-state index contributed by atoms with van der Waals surface area (Å²) in [5, 5.41) is 3.48. The van der Waals surface area contributed by atoms with Gasteiger partial charge in [0.05, 0.1) is 5.41 Å². The maximum absolute atomic E-state index is 12.5. The average Bonchev–Trinajstić information content (AvgIpc) is 3.27. The van der Waals surface area contributed by atoms with Crippen LogP contribution in [0.1, 0.15) is 44.1 Å². The molecule has 3 rings (SSSR count). The summed E-state index contributed by atoms with van der Waals surface area (Å²) in [6, 6.07) is 10.2. The molecule has 0 radical (unpaired) electrons. The predicted molar refractivity (Wildman–Crippen MR) is 82.0 cm³/mol. The number of alkyl halides is 1. The molecule has 2 atom stereocenters. The Labute approximate surface area is 125 Å². The van der Waals surface area contributed by atoms with Gasteiger partial charge in [-0.3, -0.25) is 4.79 Å². The largest absolute Gasteiger partial charge is 0.355 e. The highest BCUT2D eigenvalue weighted by atomic mass is 35.5. The average molecular weight is 292 g/mol. The summed E-state index contributed by atoms with van der Waals surface area (Å²) in [6.07, 6.45) is 6.51. The van der Waals surface area contributed by atoms with E-state index in [-0.39, 0.29) is 11.3 Å². The van der Waals surface area contributed by atoms with Crippen LogP contribution in [-0.2, 0) is 10.2 Å². The lowest BCUT2D eigenvalue weighted by Crippen LogP contribution is -2.38. The molecule has 3 heteroatoms. The molecule has 108 valence electrons. The fourth-order valence-electron chi connectivity index (χ4n) is 3.35. The number of hydrogen-bond donors (Lipinski definition) is 1. The lowest BCUT2D eigenvalue weighted by atomic mass is 9.88. The van der Waals surface area contributed by atoms with Crippen LogP contribution in [0.4, 0.5) is 0 Å². The van der Waals surface area contributed by atoms with E-state index in [9.17, 15) is 4.79 Å². The van der Waals surface area contributed by atoms with Crippen molar-refractivity contribution in [1.29, 1.82) is 0 Å². The number of nitrogens with one attached hydrogen (secondary N) is 1. The van der Waals surface area contributed by atoms with Gasteiger partial charge >= 0.3 is 0 Å². The predicted octanol–water partition coefficient (Wildman–Crippen LogP) is 3.63. The first-order chi connectivity index (χ1) is 9.71. The van der Waals surface area contributed by atoms with Crippen molar-refractivity contribution in [3.8, 4) is 0 Å². The summed E-state index contributed by atoms with van der Waals surface area (Å²) in [4.78, 5) is 12.5. The van der Waals surface area contributed by atoms with E-state index in [1.54, 1.807) is 0 Å². The van der Waals surface area contributed by atoms with Gasteiger partial charge in [-0.15, -0.1) is 11.6 Å². The van der Waals surface area contributed by atoms with Gasteiger partial charge in [0, 0.05) is 11.9 Å². The first-order valence-electron chi connectivity index (χ1n) is 7.68. The molecule has 1 aromatic carbocycles. The molecule has 2 nitrogen and oxygen atoms in total. The van der Waals surface area contributed by atoms with E-state index in [2.05, 4.69) is 17.4 Å². The van der Waals surface area contributed by atoms with Crippen molar-refractivity contribution in [2.24, 2.45) is 5.92 Å². The SMILES string of the molecule is O=C(NCC1CCCC(Cl)C1)C1(c2ccccc2)CC1. The monoisotopic (exact) mass is 291 g/mol. The summed E-state index contributed by atoms with van der Waals surface area (Å²) < 4.78 is 0. The highest BCUT2D eigenvalue weighted by molar-refractivity contribution is 6.20. The zero-order valence-corrected chi connectivity index (χ0v) is 12.5. The van der Waals surface area contributed by atoms with Crippen molar-refractivity contribution < 1.29 is 4.79 Å². The summed E-state index contributed by atoms with van der Waals surface area (Å²) in [6.45, 7) is 0.788. The van der Waals surface area contributed by atoms with Crippen LogP contribution in [0.5, 0.6) is 0 Å². The van der Waals surface area contributed by atoms with Crippen LogP contribution in [0.2, 0.25) is 0 Å². The Hall–Kier alpha value is -1.02. The molecular formula is C17H22ClNO. The van der Waals surface area contributed by atoms with Gasteiger partial charge in [-0.25, -0.2) is 0 Å². The Balaban J connectivity index is 1.57. The van der Waals surface area contributed by atoms with Crippen LogP contribution in [-0.4, -0.2) is 17.8 Å². The van der Waals surface area contributed by atoms with Crippen LogP contribution in [0, 0.1) is 5.92 Å². The Morgan fingerprint density at radius 1 is 1.25 bits per heavy atom. The van der Waals surface area contributed by atoms with Crippen LogP contribution in [0.25, 0.3) is 0 Å². The second-order valence-corrected chi connectivity index (χ2v) is 6.91. The Morgan fingerprint density at radius 3 is 2.65 bits per heavy atom. The van der Waals surface area contributed by atoms with E-state index in [1.165, 1.54) is 12.8 Å². The van der Waals surface area contributed by atoms with Gasteiger partial charge in [-0.1, -0.05) is 36.8 Å². The number of carbonyl (C=O) groups is 1. The summed E-state index contributed by atoms with van der Waals surface area (Å²) in [5.41, 5.74) is 0.924. The topological polar surface area (TPSA) is 29.1 Å². The number of hydrogen-bond acceptors (Lipinski definition) is 1. The number of halogens is 1. The zero-order chi connectivity index (χ0) is 14.0. The number of carbonyl (C=O) groups excluding carboxylic acids is 1. The summed E-state index contributed by atoms with van der Waals surface area (Å²) in [5.74, 6) is 0.766. The third-order valence-electron chi connectivity index (χ3n) is 4.78. The lowest BCUT2D eigenvalue weighted by molar-refractivity contribution is -0.123. The molecule has 1 aromatic rings. The van der Waals surface area contributed by atoms with Gasteiger partial charge in [-0.2, -0.15) is 0 Å². The van der Waals surface area contributed by atoms with Crippen molar-refractivity contribution >= 4 is 17.5 Å². The van der Waals surface area contributed by atoms with Gasteiger partial charge in [0.15, 0.2) is 0 Å². The van der Waals surface area contributed by atoms with Gasteiger partial charge in [0.1, 0.15) is 0 Å². The molecular weight excluding hydrogens is 270 g/mol. The van der Waals surface area contributed by atoms with Gasteiger partial charge in [0.25, 0.3) is 0 Å². The standard InChI is InChI=1S/C17H22ClNO/c18-15-8-4-5-13(11-15)12-19-16(20)17(9-10-17)14-6-2-1-3-7-14/h1-3,6-7,13,15H,4-5,8-12H2,(H,19,20). The van der Waals surface area contributed by atoms with Crippen molar-refractivity contribution in [1.82, 2.24) is 5.32 Å². The molecule has 1 amide bonds. The molecule has 2 unspecified atom stereocenters. The van der Waals surface area contributed by atoms with Gasteiger partial charge < -0.3 is 5.32 Å². The third-order valence-corrected chi connectivity index (χ3v) is 5.18. The molecule has 0 bridgehead atoms. The van der Waals surface area contributed by atoms with Crippen LogP contribution in [0.15, 0.2) is 30.3 Å². The highest BCUT2D eigenvalue weighted by Gasteiger charge is 2.51. The Morgan fingerprint density at radius 2 is 2.00 bits per heavy atom. The summed E-state index contributed by atoms with van der Waals surface area (Å²) in [7, 11) is 0. The van der Waals surface area contributed by atoms with Gasteiger partial charge in [0.2, 0.25) is 5.91 Å². The minimum atomic E-state index is -0.240. The van der Waals surface area contributed by atoms with Crippen LogP contribution in [0.3, 0.4) is 0 Å².